The Kier molecular flexibility index (Phi) is 2.79. The zero-order valence-corrected chi connectivity index (χ0v) is 11.3. The minimum absolute atomic E-state index is 0.131. The van der Waals surface area contributed by atoms with Crippen molar-refractivity contribution >= 4 is 11.0 Å². The highest BCUT2D eigenvalue weighted by molar-refractivity contribution is 5.80. The van der Waals surface area contributed by atoms with E-state index in [-0.39, 0.29) is 11.5 Å². The fourth-order valence-corrected chi connectivity index (χ4v) is 2.15. The number of benzene rings is 1. The first-order valence-electron chi connectivity index (χ1n) is 6.58. The Bertz CT molecular complexity index is 1010. The molecular weight excluding hydrogens is 282 g/mol. The normalized spacial score (nSPS) is 10.9. The highest BCUT2D eigenvalue weighted by Crippen LogP contribution is 2.23. The number of hydrogen-bond donors (Lipinski definition) is 0. The molecule has 0 atom stereocenters. The molecule has 3 heterocycles. The highest BCUT2D eigenvalue weighted by Gasteiger charge is 2.15. The van der Waals surface area contributed by atoms with Gasteiger partial charge in [0, 0.05) is 23.3 Å². The van der Waals surface area contributed by atoms with E-state index in [9.17, 15) is 4.79 Å². The van der Waals surface area contributed by atoms with Gasteiger partial charge in [0.2, 0.25) is 5.89 Å². The summed E-state index contributed by atoms with van der Waals surface area (Å²) in [5.41, 5.74) is 0.985. The third kappa shape index (κ3) is 2.07. The third-order valence-corrected chi connectivity index (χ3v) is 3.22. The molecule has 0 aliphatic heterocycles. The Labute approximate surface area is 124 Å². The van der Waals surface area contributed by atoms with Crippen LogP contribution in [0, 0.1) is 0 Å². The van der Waals surface area contributed by atoms with Crippen molar-refractivity contribution in [3.63, 3.8) is 0 Å². The molecule has 0 bridgehead atoms. The van der Waals surface area contributed by atoms with Crippen molar-refractivity contribution in [3.05, 3.63) is 65.3 Å². The molecule has 0 N–H and O–H groups in total. The SMILES string of the molecule is O=c1oc2ccccc2cc1-c1nnc(-c2ccncc2)o1. The molecule has 1 aromatic carbocycles. The predicted octanol–water partition coefficient (Wildman–Crippen LogP) is 2.91. The Morgan fingerprint density at radius 1 is 0.864 bits per heavy atom. The van der Waals surface area contributed by atoms with Gasteiger partial charge < -0.3 is 8.83 Å². The van der Waals surface area contributed by atoms with E-state index in [1.54, 1.807) is 42.7 Å². The maximum atomic E-state index is 12.1. The van der Waals surface area contributed by atoms with Gasteiger partial charge in [-0.2, -0.15) is 0 Å². The van der Waals surface area contributed by atoms with Crippen LogP contribution in [0.2, 0.25) is 0 Å². The molecule has 3 aromatic heterocycles. The van der Waals surface area contributed by atoms with Crippen molar-refractivity contribution in [1.82, 2.24) is 15.2 Å². The summed E-state index contributed by atoms with van der Waals surface area (Å²) in [5, 5.41) is 8.68. The van der Waals surface area contributed by atoms with Gasteiger partial charge in [-0.25, -0.2) is 4.79 Å². The monoisotopic (exact) mass is 291 g/mol. The van der Waals surface area contributed by atoms with E-state index in [0.29, 0.717) is 11.5 Å². The molecule has 0 radical (unpaired) electrons. The van der Waals surface area contributed by atoms with Crippen LogP contribution in [0.4, 0.5) is 0 Å². The summed E-state index contributed by atoms with van der Waals surface area (Å²) < 4.78 is 10.8. The number of aromatic nitrogens is 3. The van der Waals surface area contributed by atoms with E-state index in [2.05, 4.69) is 15.2 Å². The molecule has 0 unspecified atom stereocenters. The summed E-state index contributed by atoms with van der Waals surface area (Å²) in [6.07, 6.45) is 3.26. The second kappa shape index (κ2) is 4.92. The first-order valence-corrected chi connectivity index (χ1v) is 6.58. The largest absolute Gasteiger partial charge is 0.422 e. The lowest BCUT2D eigenvalue weighted by atomic mass is 10.2. The lowest BCUT2D eigenvalue weighted by Crippen LogP contribution is -2.02. The van der Waals surface area contributed by atoms with Crippen LogP contribution in [-0.4, -0.2) is 15.2 Å². The number of para-hydroxylation sites is 1. The Balaban J connectivity index is 1.84. The number of pyridine rings is 1. The molecule has 0 fully saturated rings. The van der Waals surface area contributed by atoms with E-state index < -0.39 is 5.63 Å². The Hall–Kier alpha value is -3.28. The third-order valence-electron chi connectivity index (χ3n) is 3.22. The van der Waals surface area contributed by atoms with Crippen molar-refractivity contribution < 1.29 is 8.83 Å². The molecule has 6 heteroatoms. The number of rotatable bonds is 2. The molecule has 0 saturated carbocycles. The summed E-state index contributed by atoms with van der Waals surface area (Å²) in [4.78, 5) is 16.0. The smallest absolute Gasteiger partial charge is 0.349 e. The van der Waals surface area contributed by atoms with Gasteiger partial charge in [-0.1, -0.05) is 18.2 Å². The highest BCUT2D eigenvalue weighted by atomic mass is 16.4. The number of nitrogens with zero attached hydrogens (tertiary/aromatic N) is 3. The fraction of sp³-hybridized carbons (Fsp3) is 0. The minimum atomic E-state index is -0.511. The molecule has 22 heavy (non-hydrogen) atoms. The quantitative estimate of drug-likeness (QED) is 0.528. The summed E-state index contributed by atoms with van der Waals surface area (Å²) >= 11 is 0. The van der Waals surface area contributed by atoms with Crippen LogP contribution in [0.5, 0.6) is 0 Å². The molecule has 0 aliphatic carbocycles. The van der Waals surface area contributed by atoms with Crippen molar-refractivity contribution in [2.45, 2.75) is 0 Å². The van der Waals surface area contributed by atoms with Gasteiger partial charge in [0.15, 0.2) is 0 Å². The zero-order chi connectivity index (χ0) is 14.9. The molecular formula is C16H9N3O3. The molecule has 0 aliphatic rings. The second-order valence-electron chi connectivity index (χ2n) is 4.63. The van der Waals surface area contributed by atoms with Crippen LogP contribution in [0.3, 0.4) is 0 Å². The molecule has 106 valence electrons. The minimum Gasteiger partial charge on any atom is -0.422 e. The summed E-state index contributed by atoms with van der Waals surface area (Å²) in [6, 6.07) is 12.4. The average molecular weight is 291 g/mol. The summed E-state index contributed by atoms with van der Waals surface area (Å²) in [7, 11) is 0. The van der Waals surface area contributed by atoms with E-state index >= 15 is 0 Å². The van der Waals surface area contributed by atoms with Crippen LogP contribution in [-0.2, 0) is 0 Å². The van der Waals surface area contributed by atoms with Crippen molar-refractivity contribution in [2.24, 2.45) is 0 Å². The van der Waals surface area contributed by atoms with E-state index in [0.717, 1.165) is 10.9 Å². The molecule has 4 rings (SSSR count). The lowest BCUT2D eigenvalue weighted by molar-refractivity contribution is 0.547. The number of fused-ring (bicyclic) bond motifs is 1. The van der Waals surface area contributed by atoms with Crippen LogP contribution < -0.4 is 5.63 Å². The van der Waals surface area contributed by atoms with Crippen molar-refractivity contribution in [2.75, 3.05) is 0 Å². The van der Waals surface area contributed by atoms with E-state index in [1.807, 2.05) is 12.1 Å². The molecule has 0 saturated heterocycles. The molecule has 6 nitrogen and oxygen atoms in total. The van der Waals surface area contributed by atoms with Gasteiger partial charge in [0.1, 0.15) is 11.1 Å². The van der Waals surface area contributed by atoms with Crippen LogP contribution in [0.15, 0.2) is 68.5 Å². The molecule has 4 aromatic rings. The Morgan fingerprint density at radius 3 is 2.50 bits per heavy atom. The lowest BCUT2D eigenvalue weighted by Gasteiger charge is -1.97. The average Bonchev–Trinajstić information content (AvgIpc) is 3.05. The number of hydrogen-bond acceptors (Lipinski definition) is 6. The first kappa shape index (κ1) is 12.5. The van der Waals surface area contributed by atoms with Gasteiger partial charge >= 0.3 is 5.63 Å². The Morgan fingerprint density at radius 2 is 1.64 bits per heavy atom. The van der Waals surface area contributed by atoms with Gasteiger partial charge in [-0.15, -0.1) is 10.2 Å². The predicted molar refractivity (Wildman–Crippen MR) is 79.0 cm³/mol. The van der Waals surface area contributed by atoms with Gasteiger partial charge in [0.05, 0.1) is 0 Å². The van der Waals surface area contributed by atoms with E-state index in [1.165, 1.54) is 0 Å². The van der Waals surface area contributed by atoms with Gasteiger partial charge in [-0.05, 0) is 24.3 Å². The van der Waals surface area contributed by atoms with Crippen LogP contribution in [0.25, 0.3) is 33.9 Å². The standard InChI is InChI=1S/C16H9N3O3/c20-16-12(9-11-3-1-2-4-13(11)21-16)15-19-18-14(22-15)10-5-7-17-8-6-10/h1-9H. The topological polar surface area (TPSA) is 82.0 Å². The fourth-order valence-electron chi connectivity index (χ4n) is 2.15. The summed E-state index contributed by atoms with van der Waals surface area (Å²) in [6.45, 7) is 0. The second-order valence-corrected chi connectivity index (χ2v) is 4.63. The molecule has 0 spiro atoms. The van der Waals surface area contributed by atoms with Crippen LogP contribution in [0.1, 0.15) is 0 Å². The maximum absolute atomic E-state index is 12.1. The zero-order valence-electron chi connectivity index (χ0n) is 11.3. The van der Waals surface area contributed by atoms with Gasteiger partial charge in [0.25, 0.3) is 5.89 Å². The van der Waals surface area contributed by atoms with Crippen molar-refractivity contribution in [3.8, 4) is 22.9 Å². The molecule has 0 amide bonds. The van der Waals surface area contributed by atoms with Gasteiger partial charge in [-0.3, -0.25) is 4.98 Å². The van der Waals surface area contributed by atoms with Crippen molar-refractivity contribution in [1.29, 1.82) is 0 Å². The maximum Gasteiger partial charge on any atom is 0.349 e. The first-order chi connectivity index (χ1) is 10.8. The summed E-state index contributed by atoms with van der Waals surface area (Å²) in [5.74, 6) is 0.455. The van der Waals surface area contributed by atoms with E-state index in [4.69, 9.17) is 8.83 Å². The van der Waals surface area contributed by atoms with Crippen LogP contribution >= 0.6 is 0 Å².